The van der Waals surface area contributed by atoms with Crippen LogP contribution in [-0.2, 0) is 4.79 Å². The number of carbonyl (C=O) groups excluding carboxylic acids is 1. The van der Waals surface area contributed by atoms with Crippen LogP contribution < -0.4 is 11.1 Å². The molecule has 0 bridgehead atoms. The first-order valence-electron chi connectivity index (χ1n) is 7.14. The summed E-state index contributed by atoms with van der Waals surface area (Å²) in [5.74, 6) is -0.0615. The fourth-order valence-electron chi connectivity index (χ4n) is 2.98. The Morgan fingerprint density at radius 1 is 1.42 bits per heavy atom. The van der Waals surface area contributed by atoms with E-state index in [0.29, 0.717) is 13.0 Å². The van der Waals surface area contributed by atoms with E-state index in [-0.39, 0.29) is 30.3 Å². The second-order valence-corrected chi connectivity index (χ2v) is 6.03. The number of aliphatic hydroxyl groups is 1. The van der Waals surface area contributed by atoms with Crippen LogP contribution in [0.5, 0.6) is 0 Å². The molecule has 1 saturated carbocycles. The molecule has 4 N–H and O–H groups in total. The third kappa shape index (κ3) is 5.28. The number of hydrogen-bond donors (Lipinski definition) is 3. The summed E-state index contributed by atoms with van der Waals surface area (Å²) >= 11 is 0. The van der Waals surface area contributed by atoms with Crippen LogP contribution in [0.15, 0.2) is 0 Å². The molecule has 5 heteroatoms. The predicted octanol–water partition coefficient (Wildman–Crippen LogP) is 1.98. The van der Waals surface area contributed by atoms with Crippen LogP contribution in [0.25, 0.3) is 0 Å². The SMILES string of the molecule is CCCC(C)(N)C(=O)NCC1(CCO)CCCC1.Cl. The molecule has 0 spiro atoms. The van der Waals surface area contributed by atoms with Crippen molar-refractivity contribution >= 4 is 18.3 Å². The Hall–Kier alpha value is -0.320. The van der Waals surface area contributed by atoms with Gasteiger partial charge in [-0.15, -0.1) is 12.4 Å². The molecule has 0 heterocycles. The average molecular weight is 293 g/mol. The van der Waals surface area contributed by atoms with E-state index >= 15 is 0 Å². The van der Waals surface area contributed by atoms with Crippen molar-refractivity contribution in [3.63, 3.8) is 0 Å². The maximum atomic E-state index is 12.1. The minimum Gasteiger partial charge on any atom is -0.396 e. The number of hydrogen-bond acceptors (Lipinski definition) is 3. The Morgan fingerprint density at radius 3 is 2.47 bits per heavy atom. The maximum absolute atomic E-state index is 12.1. The molecule has 1 atom stereocenters. The van der Waals surface area contributed by atoms with Gasteiger partial charge in [0.2, 0.25) is 5.91 Å². The molecule has 1 fully saturated rings. The minimum absolute atomic E-state index is 0. The van der Waals surface area contributed by atoms with E-state index in [2.05, 4.69) is 5.32 Å². The third-order valence-electron chi connectivity index (χ3n) is 4.22. The third-order valence-corrected chi connectivity index (χ3v) is 4.22. The molecule has 114 valence electrons. The Morgan fingerprint density at radius 2 is 2.00 bits per heavy atom. The fourth-order valence-corrected chi connectivity index (χ4v) is 2.98. The molecular weight excluding hydrogens is 264 g/mol. The number of carbonyl (C=O) groups is 1. The van der Waals surface area contributed by atoms with Gasteiger partial charge in [-0.2, -0.15) is 0 Å². The second kappa shape index (κ2) is 8.08. The predicted molar refractivity (Wildman–Crippen MR) is 80.4 cm³/mol. The molecule has 0 aromatic carbocycles. The minimum atomic E-state index is -0.770. The molecule has 19 heavy (non-hydrogen) atoms. The van der Waals surface area contributed by atoms with Crippen molar-refractivity contribution in [2.45, 2.75) is 64.3 Å². The summed E-state index contributed by atoms with van der Waals surface area (Å²) in [4.78, 5) is 12.1. The molecule has 1 rings (SSSR count). The van der Waals surface area contributed by atoms with Gasteiger partial charge in [0.15, 0.2) is 0 Å². The summed E-state index contributed by atoms with van der Waals surface area (Å²) in [6, 6.07) is 0. The Bertz CT molecular complexity index is 277. The molecule has 0 aromatic heterocycles. The van der Waals surface area contributed by atoms with Crippen molar-refractivity contribution < 1.29 is 9.90 Å². The highest BCUT2D eigenvalue weighted by molar-refractivity contribution is 5.85. The summed E-state index contributed by atoms with van der Waals surface area (Å²) in [5.41, 5.74) is 5.34. The van der Waals surface area contributed by atoms with Crippen LogP contribution in [0.3, 0.4) is 0 Å². The number of nitrogens with two attached hydrogens (primary N) is 1. The van der Waals surface area contributed by atoms with Crippen LogP contribution >= 0.6 is 12.4 Å². The lowest BCUT2D eigenvalue weighted by atomic mass is 9.82. The molecule has 0 saturated heterocycles. The van der Waals surface area contributed by atoms with E-state index < -0.39 is 5.54 Å². The van der Waals surface area contributed by atoms with Gasteiger partial charge < -0.3 is 16.2 Å². The van der Waals surface area contributed by atoms with Crippen LogP contribution in [0.1, 0.15) is 58.8 Å². The fraction of sp³-hybridized carbons (Fsp3) is 0.929. The van der Waals surface area contributed by atoms with Gasteiger partial charge in [0.05, 0.1) is 5.54 Å². The van der Waals surface area contributed by atoms with E-state index in [1.54, 1.807) is 6.92 Å². The van der Waals surface area contributed by atoms with Gasteiger partial charge in [-0.25, -0.2) is 0 Å². The zero-order valence-corrected chi connectivity index (χ0v) is 13.0. The monoisotopic (exact) mass is 292 g/mol. The number of amides is 1. The molecule has 1 amide bonds. The van der Waals surface area contributed by atoms with Crippen LogP contribution in [0.4, 0.5) is 0 Å². The quantitative estimate of drug-likeness (QED) is 0.672. The molecule has 0 radical (unpaired) electrons. The Balaban J connectivity index is 0.00000324. The van der Waals surface area contributed by atoms with Crippen LogP contribution in [0.2, 0.25) is 0 Å². The van der Waals surface area contributed by atoms with Gasteiger partial charge in [-0.3, -0.25) is 4.79 Å². The van der Waals surface area contributed by atoms with Crippen LogP contribution in [-0.4, -0.2) is 29.7 Å². The number of rotatable bonds is 7. The lowest BCUT2D eigenvalue weighted by Crippen LogP contribution is -2.53. The van der Waals surface area contributed by atoms with E-state index in [1.807, 2.05) is 6.92 Å². The second-order valence-electron chi connectivity index (χ2n) is 6.03. The highest BCUT2D eigenvalue weighted by atomic mass is 35.5. The lowest BCUT2D eigenvalue weighted by Gasteiger charge is -2.31. The van der Waals surface area contributed by atoms with Crippen molar-refractivity contribution in [1.29, 1.82) is 0 Å². The Labute approximate surface area is 122 Å². The summed E-state index contributed by atoms with van der Waals surface area (Å²) in [7, 11) is 0. The van der Waals surface area contributed by atoms with Crippen molar-refractivity contribution in [3.8, 4) is 0 Å². The summed E-state index contributed by atoms with van der Waals surface area (Å²) in [6.45, 7) is 4.68. The van der Waals surface area contributed by atoms with Gasteiger partial charge in [-0.05, 0) is 38.0 Å². The summed E-state index contributed by atoms with van der Waals surface area (Å²) < 4.78 is 0. The molecule has 0 aromatic rings. The maximum Gasteiger partial charge on any atom is 0.239 e. The summed E-state index contributed by atoms with van der Waals surface area (Å²) in [6.07, 6.45) is 6.98. The normalized spacial score (nSPS) is 20.4. The topological polar surface area (TPSA) is 75.4 Å². The summed E-state index contributed by atoms with van der Waals surface area (Å²) in [5, 5.41) is 12.2. The van der Waals surface area contributed by atoms with E-state index in [1.165, 1.54) is 12.8 Å². The number of nitrogens with one attached hydrogen (secondary N) is 1. The van der Waals surface area contributed by atoms with Gasteiger partial charge in [0, 0.05) is 13.2 Å². The van der Waals surface area contributed by atoms with Crippen molar-refractivity contribution in [1.82, 2.24) is 5.32 Å². The molecular formula is C14H29ClN2O2. The van der Waals surface area contributed by atoms with E-state index in [0.717, 1.165) is 25.7 Å². The Kier molecular flexibility index (Phi) is 7.94. The first kappa shape index (κ1) is 18.7. The molecule has 4 nitrogen and oxygen atoms in total. The van der Waals surface area contributed by atoms with Gasteiger partial charge >= 0.3 is 0 Å². The molecule has 1 aliphatic carbocycles. The largest absolute Gasteiger partial charge is 0.396 e. The zero-order valence-electron chi connectivity index (χ0n) is 12.2. The van der Waals surface area contributed by atoms with E-state index in [4.69, 9.17) is 10.8 Å². The number of aliphatic hydroxyl groups excluding tert-OH is 1. The van der Waals surface area contributed by atoms with Crippen molar-refractivity contribution in [2.75, 3.05) is 13.2 Å². The highest BCUT2D eigenvalue weighted by Gasteiger charge is 2.35. The molecule has 0 aliphatic heterocycles. The first-order chi connectivity index (χ1) is 8.46. The highest BCUT2D eigenvalue weighted by Crippen LogP contribution is 2.40. The smallest absolute Gasteiger partial charge is 0.239 e. The van der Waals surface area contributed by atoms with Gasteiger partial charge in [-0.1, -0.05) is 26.2 Å². The lowest BCUT2D eigenvalue weighted by molar-refractivity contribution is -0.126. The molecule has 1 unspecified atom stereocenters. The van der Waals surface area contributed by atoms with Crippen LogP contribution in [0, 0.1) is 5.41 Å². The number of halogens is 1. The zero-order chi connectivity index (χ0) is 13.6. The molecule has 1 aliphatic rings. The van der Waals surface area contributed by atoms with E-state index in [9.17, 15) is 4.79 Å². The van der Waals surface area contributed by atoms with Crippen molar-refractivity contribution in [3.05, 3.63) is 0 Å². The van der Waals surface area contributed by atoms with Gasteiger partial charge in [0.25, 0.3) is 0 Å². The first-order valence-corrected chi connectivity index (χ1v) is 7.14. The standard InChI is InChI=1S/C14H28N2O2.ClH/c1-3-6-13(2,15)12(18)16-11-14(9-10-17)7-4-5-8-14;/h17H,3-11,15H2,1-2H3,(H,16,18);1H. The average Bonchev–Trinajstić information content (AvgIpc) is 2.75. The van der Waals surface area contributed by atoms with Gasteiger partial charge in [0.1, 0.15) is 0 Å². The van der Waals surface area contributed by atoms with Crippen molar-refractivity contribution in [2.24, 2.45) is 11.1 Å².